The van der Waals surface area contributed by atoms with Gasteiger partial charge in [0, 0.05) is 24.5 Å². The monoisotopic (exact) mass is 420 g/mol. The molecule has 0 aliphatic heterocycles. The van der Waals surface area contributed by atoms with Crippen molar-refractivity contribution in [3.8, 4) is 11.5 Å². The average molecular weight is 420 g/mol. The summed E-state index contributed by atoms with van der Waals surface area (Å²) >= 11 is 0. The van der Waals surface area contributed by atoms with Crippen LogP contribution in [0, 0.1) is 0 Å². The molecule has 0 unspecified atom stereocenters. The summed E-state index contributed by atoms with van der Waals surface area (Å²) < 4.78 is 15.0. The quantitative estimate of drug-likeness (QED) is 0.374. The van der Waals surface area contributed by atoms with Gasteiger partial charge < -0.3 is 20.9 Å². The van der Waals surface area contributed by atoms with Crippen molar-refractivity contribution < 1.29 is 9.47 Å². The molecule has 0 fully saturated rings. The van der Waals surface area contributed by atoms with Crippen LogP contribution in [0.15, 0.2) is 60.9 Å². The van der Waals surface area contributed by atoms with Crippen LogP contribution in [0.1, 0.15) is 17.8 Å². The SMILES string of the molecule is Nc1ccc(OCc2cn(CCCn3cc(COc4ccc(N)cc4)nn3)nn2)cc1. The van der Waals surface area contributed by atoms with Gasteiger partial charge in [-0.25, -0.2) is 0 Å². The summed E-state index contributed by atoms with van der Waals surface area (Å²) in [6.45, 7) is 2.13. The fourth-order valence-corrected chi connectivity index (χ4v) is 2.87. The summed E-state index contributed by atoms with van der Waals surface area (Å²) in [7, 11) is 0. The summed E-state index contributed by atoms with van der Waals surface area (Å²) in [5, 5.41) is 16.6. The predicted molar refractivity (Wildman–Crippen MR) is 115 cm³/mol. The first-order valence-electron chi connectivity index (χ1n) is 9.89. The lowest BCUT2D eigenvalue weighted by Gasteiger charge is -2.04. The Kier molecular flexibility index (Phi) is 6.26. The maximum atomic E-state index is 5.69. The van der Waals surface area contributed by atoms with E-state index in [2.05, 4.69) is 20.6 Å². The van der Waals surface area contributed by atoms with E-state index < -0.39 is 0 Å². The summed E-state index contributed by atoms with van der Waals surface area (Å²) in [5.41, 5.74) is 14.3. The lowest BCUT2D eigenvalue weighted by atomic mass is 10.3. The highest BCUT2D eigenvalue weighted by atomic mass is 16.5. The van der Waals surface area contributed by atoms with Gasteiger partial charge in [0.1, 0.15) is 36.1 Å². The molecule has 2 heterocycles. The number of nitrogens with zero attached hydrogens (tertiary/aromatic N) is 6. The highest BCUT2D eigenvalue weighted by molar-refractivity contribution is 5.42. The molecular formula is C21H24N8O2. The highest BCUT2D eigenvalue weighted by Gasteiger charge is 2.05. The smallest absolute Gasteiger partial charge is 0.134 e. The molecule has 0 saturated heterocycles. The van der Waals surface area contributed by atoms with Crippen LogP contribution in [-0.2, 0) is 26.3 Å². The minimum Gasteiger partial charge on any atom is -0.487 e. The van der Waals surface area contributed by atoms with Crippen molar-refractivity contribution in [2.45, 2.75) is 32.7 Å². The topological polar surface area (TPSA) is 132 Å². The second kappa shape index (κ2) is 9.61. The van der Waals surface area contributed by atoms with Crippen LogP contribution in [-0.4, -0.2) is 30.0 Å². The lowest BCUT2D eigenvalue weighted by Crippen LogP contribution is -2.05. The number of anilines is 2. The Labute approximate surface area is 179 Å². The number of aryl methyl sites for hydroxylation is 2. The normalized spacial score (nSPS) is 10.8. The molecule has 10 heteroatoms. The summed E-state index contributed by atoms with van der Waals surface area (Å²) in [4.78, 5) is 0. The molecule has 4 rings (SSSR count). The Morgan fingerprint density at radius 3 is 1.48 bits per heavy atom. The predicted octanol–water partition coefficient (Wildman–Crippen LogP) is 2.28. The maximum absolute atomic E-state index is 5.69. The summed E-state index contributed by atoms with van der Waals surface area (Å²) in [5.74, 6) is 1.48. The molecule has 0 radical (unpaired) electrons. The Morgan fingerprint density at radius 1 is 0.645 bits per heavy atom. The van der Waals surface area contributed by atoms with Crippen molar-refractivity contribution in [2.24, 2.45) is 0 Å². The zero-order valence-corrected chi connectivity index (χ0v) is 17.0. The van der Waals surface area contributed by atoms with E-state index in [1.165, 1.54) is 0 Å². The third-order valence-electron chi connectivity index (χ3n) is 4.48. The van der Waals surface area contributed by atoms with E-state index in [1.807, 2.05) is 36.7 Å². The number of nitrogens with two attached hydrogens (primary N) is 2. The Balaban J connectivity index is 1.18. The zero-order chi connectivity index (χ0) is 21.5. The second-order valence-corrected chi connectivity index (χ2v) is 7.01. The molecule has 2 aromatic carbocycles. The molecule has 31 heavy (non-hydrogen) atoms. The van der Waals surface area contributed by atoms with E-state index in [1.54, 1.807) is 33.6 Å². The summed E-state index contributed by atoms with van der Waals surface area (Å²) in [6, 6.07) is 14.5. The first-order valence-corrected chi connectivity index (χ1v) is 9.89. The number of rotatable bonds is 10. The van der Waals surface area contributed by atoms with E-state index in [9.17, 15) is 0 Å². The van der Waals surface area contributed by atoms with Crippen LogP contribution in [0.3, 0.4) is 0 Å². The second-order valence-electron chi connectivity index (χ2n) is 7.01. The first kappa shape index (κ1) is 20.2. The largest absolute Gasteiger partial charge is 0.487 e. The number of benzene rings is 2. The van der Waals surface area contributed by atoms with Crippen LogP contribution in [0.2, 0.25) is 0 Å². The van der Waals surface area contributed by atoms with Gasteiger partial charge in [-0.3, -0.25) is 9.36 Å². The molecular weight excluding hydrogens is 396 g/mol. The number of hydrogen-bond acceptors (Lipinski definition) is 8. The van der Waals surface area contributed by atoms with Crippen molar-refractivity contribution in [3.63, 3.8) is 0 Å². The molecule has 0 atom stereocenters. The molecule has 0 saturated carbocycles. The molecule has 0 spiro atoms. The van der Waals surface area contributed by atoms with Gasteiger partial charge in [0.25, 0.3) is 0 Å². The first-order chi connectivity index (χ1) is 15.1. The maximum Gasteiger partial charge on any atom is 0.134 e. The van der Waals surface area contributed by atoms with Crippen LogP contribution in [0.4, 0.5) is 11.4 Å². The molecule has 0 amide bonds. The van der Waals surface area contributed by atoms with E-state index in [0.717, 1.165) is 29.3 Å². The molecule has 10 nitrogen and oxygen atoms in total. The molecule has 0 aliphatic rings. The fraction of sp³-hybridized carbons (Fsp3) is 0.238. The van der Waals surface area contributed by atoms with Gasteiger partial charge in [-0.1, -0.05) is 10.4 Å². The number of ether oxygens (including phenoxy) is 2. The Morgan fingerprint density at radius 2 is 1.06 bits per heavy atom. The van der Waals surface area contributed by atoms with Crippen LogP contribution < -0.4 is 20.9 Å². The van der Waals surface area contributed by atoms with E-state index in [4.69, 9.17) is 20.9 Å². The van der Waals surface area contributed by atoms with Gasteiger partial charge in [-0.15, -0.1) is 10.2 Å². The van der Waals surface area contributed by atoms with Crippen molar-refractivity contribution >= 4 is 11.4 Å². The van der Waals surface area contributed by atoms with Gasteiger partial charge >= 0.3 is 0 Å². The molecule has 0 bridgehead atoms. The van der Waals surface area contributed by atoms with Crippen LogP contribution >= 0.6 is 0 Å². The van der Waals surface area contributed by atoms with Gasteiger partial charge in [-0.2, -0.15) is 0 Å². The molecule has 4 N–H and O–H groups in total. The number of aromatic nitrogens is 6. The van der Waals surface area contributed by atoms with E-state index >= 15 is 0 Å². The van der Waals surface area contributed by atoms with E-state index in [-0.39, 0.29) is 0 Å². The van der Waals surface area contributed by atoms with Gasteiger partial charge in [0.15, 0.2) is 0 Å². The van der Waals surface area contributed by atoms with Crippen LogP contribution in [0.5, 0.6) is 11.5 Å². The van der Waals surface area contributed by atoms with Crippen molar-refractivity contribution in [1.29, 1.82) is 0 Å². The molecule has 0 aliphatic carbocycles. The highest BCUT2D eigenvalue weighted by Crippen LogP contribution is 2.15. The number of hydrogen-bond donors (Lipinski definition) is 2. The minimum absolute atomic E-state index is 0.352. The van der Waals surface area contributed by atoms with Gasteiger partial charge in [0.05, 0.1) is 12.4 Å². The fourth-order valence-electron chi connectivity index (χ4n) is 2.87. The van der Waals surface area contributed by atoms with Crippen molar-refractivity contribution in [3.05, 3.63) is 72.3 Å². The van der Waals surface area contributed by atoms with Crippen LogP contribution in [0.25, 0.3) is 0 Å². The third kappa shape index (κ3) is 5.95. The van der Waals surface area contributed by atoms with E-state index in [0.29, 0.717) is 37.7 Å². The number of nitrogen functional groups attached to an aromatic ring is 2. The molecule has 4 aromatic rings. The lowest BCUT2D eigenvalue weighted by molar-refractivity contribution is 0.301. The minimum atomic E-state index is 0.352. The molecule has 160 valence electrons. The Hall–Kier alpha value is -4.08. The van der Waals surface area contributed by atoms with Crippen molar-refractivity contribution in [1.82, 2.24) is 30.0 Å². The zero-order valence-electron chi connectivity index (χ0n) is 17.0. The van der Waals surface area contributed by atoms with Gasteiger partial charge in [0.2, 0.25) is 0 Å². The third-order valence-corrected chi connectivity index (χ3v) is 4.48. The molecule has 2 aromatic heterocycles. The van der Waals surface area contributed by atoms with Crippen molar-refractivity contribution in [2.75, 3.05) is 11.5 Å². The summed E-state index contributed by atoms with van der Waals surface area (Å²) in [6.07, 6.45) is 4.60. The standard InChI is InChI=1S/C21H24N8O2/c22-16-2-6-20(7-3-16)30-14-18-12-28(26-24-18)10-1-11-29-13-19(25-27-29)15-31-21-8-4-17(23)5-9-21/h2-9,12-13H,1,10-11,14-15,22-23H2. The average Bonchev–Trinajstić information content (AvgIpc) is 3.43. The van der Waals surface area contributed by atoms with Gasteiger partial charge in [-0.05, 0) is 55.0 Å². The Bertz CT molecular complexity index is 1000.